The normalized spacial score (nSPS) is 16.5. The van der Waals surface area contributed by atoms with Crippen molar-refractivity contribution in [1.82, 2.24) is 0 Å². The Hall–Kier alpha value is -2.15. The van der Waals surface area contributed by atoms with Gasteiger partial charge in [-0.3, -0.25) is 14.9 Å². The fraction of sp³-hybridized carbons (Fsp3) is 0.417. The Morgan fingerprint density at radius 3 is 2.68 bits per heavy atom. The molecule has 1 aliphatic carbocycles. The molecule has 19 heavy (non-hydrogen) atoms. The average Bonchev–Trinajstić information content (AvgIpc) is 2.29. The van der Waals surface area contributed by atoms with Gasteiger partial charge in [-0.05, 0) is 25.3 Å². The Morgan fingerprint density at radius 2 is 2.21 bits per heavy atom. The molecule has 0 aliphatic heterocycles. The van der Waals surface area contributed by atoms with E-state index in [0.717, 1.165) is 25.3 Å². The summed E-state index contributed by atoms with van der Waals surface area (Å²) in [6, 6.07) is 3.52. The maximum Gasteiger partial charge on any atom is 0.273 e. The summed E-state index contributed by atoms with van der Waals surface area (Å²) < 4.78 is 0. The van der Waals surface area contributed by atoms with Crippen molar-refractivity contribution in [2.24, 2.45) is 5.73 Å². The predicted octanol–water partition coefficient (Wildman–Crippen LogP) is 1.51. The molecule has 4 N–H and O–H groups in total. The predicted molar refractivity (Wildman–Crippen MR) is 68.8 cm³/mol. The number of benzene rings is 1. The van der Waals surface area contributed by atoms with Gasteiger partial charge in [-0.2, -0.15) is 0 Å². The summed E-state index contributed by atoms with van der Waals surface area (Å²) in [5.74, 6) is -0.631. The Morgan fingerprint density at radius 1 is 1.53 bits per heavy atom. The second kappa shape index (κ2) is 4.85. The monoisotopic (exact) mass is 265 g/mol. The highest BCUT2D eigenvalue weighted by molar-refractivity contribution is 5.93. The van der Waals surface area contributed by atoms with Gasteiger partial charge in [0.05, 0.1) is 16.7 Å². The third-order valence-corrected chi connectivity index (χ3v) is 3.33. The molecular formula is C12H15N3O4. The second-order valence-electron chi connectivity index (χ2n) is 4.90. The van der Waals surface area contributed by atoms with E-state index >= 15 is 0 Å². The van der Waals surface area contributed by atoms with Crippen LogP contribution in [0.15, 0.2) is 18.2 Å². The van der Waals surface area contributed by atoms with E-state index < -0.39 is 10.5 Å². The zero-order chi connectivity index (χ0) is 14.0. The largest absolute Gasteiger partial charge is 0.506 e. The van der Waals surface area contributed by atoms with Crippen molar-refractivity contribution >= 4 is 17.3 Å². The third-order valence-electron chi connectivity index (χ3n) is 3.33. The number of nitro groups is 1. The van der Waals surface area contributed by atoms with Crippen molar-refractivity contribution in [3.8, 4) is 5.75 Å². The number of hydrogen-bond donors (Lipinski definition) is 3. The number of non-ortho nitro benzene ring substituents is 1. The van der Waals surface area contributed by atoms with Gasteiger partial charge in [-0.25, -0.2) is 0 Å². The molecule has 0 radical (unpaired) electrons. The molecule has 0 saturated heterocycles. The van der Waals surface area contributed by atoms with Crippen LogP contribution in [0.25, 0.3) is 0 Å². The number of aromatic hydroxyl groups is 1. The number of amides is 1. The van der Waals surface area contributed by atoms with Gasteiger partial charge in [0.25, 0.3) is 5.69 Å². The molecule has 0 bridgehead atoms. The summed E-state index contributed by atoms with van der Waals surface area (Å²) in [6.45, 7) is 0. The topological polar surface area (TPSA) is 118 Å². The number of hydrogen-bond acceptors (Lipinski definition) is 5. The molecule has 1 aromatic carbocycles. The molecule has 1 fully saturated rings. The molecule has 102 valence electrons. The van der Waals surface area contributed by atoms with E-state index in [1.54, 1.807) is 0 Å². The molecule has 0 atom stereocenters. The van der Waals surface area contributed by atoms with Crippen LogP contribution in [0.1, 0.15) is 25.7 Å². The van der Waals surface area contributed by atoms with Crippen LogP contribution in [0.4, 0.5) is 11.4 Å². The number of nitrogens with two attached hydrogens (primary N) is 1. The molecule has 2 rings (SSSR count). The molecule has 7 heteroatoms. The maximum absolute atomic E-state index is 11.8. The minimum absolute atomic E-state index is 0.151. The average molecular weight is 265 g/mol. The Kier molecular flexibility index (Phi) is 3.39. The third kappa shape index (κ3) is 3.00. The Bertz CT molecular complexity index is 526. The van der Waals surface area contributed by atoms with Gasteiger partial charge in [0.2, 0.25) is 5.91 Å². The van der Waals surface area contributed by atoms with Crippen molar-refractivity contribution < 1.29 is 14.8 Å². The van der Waals surface area contributed by atoms with Crippen molar-refractivity contribution in [3.63, 3.8) is 0 Å². The van der Waals surface area contributed by atoms with E-state index in [1.807, 2.05) is 0 Å². The summed E-state index contributed by atoms with van der Waals surface area (Å²) in [5, 5.41) is 22.6. The van der Waals surface area contributed by atoms with E-state index in [-0.39, 0.29) is 29.5 Å². The molecule has 1 aliphatic rings. The van der Waals surface area contributed by atoms with E-state index in [1.165, 1.54) is 12.1 Å². The second-order valence-corrected chi connectivity index (χ2v) is 4.90. The van der Waals surface area contributed by atoms with Gasteiger partial charge >= 0.3 is 0 Å². The molecule has 0 spiro atoms. The fourth-order valence-corrected chi connectivity index (χ4v) is 2.06. The lowest BCUT2D eigenvalue weighted by molar-refractivity contribution is -0.384. The standard InChI is InChI=1S/C12H15N3O4/c13-12(4-1-5-12)7-11(17)14-9-3-2-8(15(18)19)6-10(9)16/h2-3,6,16H,1,4-5,7,13H2,(H,14,17). The van der Waals surface area contributed by atoms with Crippen molar-refractivity contribution in [3.05, 3.63) is 28.3 Å². The summed E-state index contributed by atoms with van der Waals surface area (Å²) in [5.41, 5.74) is 5.42. The fourth-order valence-electron chi connectivity index (χ4n) is 2.06. The summed E-state index contributed by atoms with van der Waals surface area (Å²) in [7, 11) is 0. The maximum atomic E-state index is 11.8. The van der Waals surface area contributed by atoms with Crippen LogP contribution in [-0.2, 0) is 4.79 Å². The van der Waals surface area contributed by atoms with Gasteiger partial charge in [0.15, 0.2) is 0 Å². The van der Waals surface area contributed by atoms with Crippen LogP contribution < -0.4 is 11.1 Å². The molecular weight excluding hydrogens is 250 g/mol. The van der Waals surface area contributed by atoms with E-state index in [2.05, 4.69) is 5.32 Å². The lowest BCUT2D eigenvalue weighted by Crippen LogP contribution is -2.48. The highest BCUT2D eigenvalue weighted by Crippen LogP contribution is 2.33. The Balaban J connectivity index is 2.02. The number of carbonyl (C=O) groups is 1. The zero-order valence-electron chi connectivity index (χ0n) is 10.3. The zero-order valence-corrected chi connectivity index (χ0v) is 10.3. The summed E-state index contributed by atoms with van der Waals surface area (Å²) >= 11 is 0. The van der Waals surface area contributed by atoms with Gasteiger partial charge < -0.3 is 16.2 Å². The van der Waals surface area contributed by atoms with E-state index in [4.69, 9.17) is 5.73 Å². The summed E-state index contributed by atoms with van der Waals surface area (Å²) in [6.07, 6.45) is 2.83. The van der Waals surface area contributed by atoms with Crippen molar-refractivity contribution in [2.45, 2.75) is 31.2 Å². The van der Waals surface area contributed by atoms with Gasteiger partial charge in [-0.15, -0.1) is 0 Å². The highest BCUT2D eigenvalue weighted by Gasteiger charge is 2.34. The van der Waals surface area contributed by atoms with E-state index in [0.29, 0.717) is 0 Å². The molecule has 1 aromatic rings. The number of phenolic OH excluding ortho intramolecular Hbond substituents is 1. The minimum Gasteiger partial charge on any atom is -0.506 e. The number of anilines is 1. The van der Waals surface area contributed by atoms with Crippen LogP contribution in [0, 0.1) is 10.1 Å². The van der Waals surface area contributed by atoms with E-state index in [9.17, 15) is 20.0 Å². The first-order chi connectivity index (χ1) is 8.89. The Labute approximate surface area is 109 Å². The number of nitrogens with one attached hydrogen (secondary N) is 1. The first kappa shape index (κ1) is 13.3. The summed E-state index contributed by atoms with van der Waals surface area (Å²) in [4.78, 5) is 21.7. The van der Waals surface area contributed by atoms with Crippen molar-refractivity contribution in [1.29, 1.82) is 0 Å². The molecule has 0 unspecified atom stereocenters. The lowest BCUT2D eigenvalue weighted by atomic mass is 9.75. The first-order valence-electron chi connectivity index (χ1n) is 5.96. The molecule has 7 nitrogen and oxygen atoms in total. The molecule has 1 amide bonds. The molecule has 1 saturated carbocycles. The number of carbonyl (C=O) groups excluding carboxylic acids is 1. The van der Waals surface area contributed by atoms with Crippen molar-refractivity contribution in [2.75, 3.05) is 5.32 Å². The lowest BCUT2D eigenvalue weighted by Gasteiger charge is -2.37. The first-order valence-corrected chi connectivity index (χ1v) is 5.96. The van der Waals surface area contributed by atoms with Gasteiger partial charge in [-0.1, -0.05) is 0 Å². The SMILES string of the molecule is NC1(CC(=O)Nc2ccc([N+](=O)[O-])cc2O)CCC1. The smallest absolute Gasteiger partial charge is 0.273 e. The number of rotatable bonds is 4. The minimum atomic E-state index is -0.617. The van der Waals surface area contributed by atoms with Gasteiger partial charge in [0.1, 0.15) is 5.75 Å². The molecule has 0 aromatic heterocycles. The van der Waals surface area contributed by atoms with Gasteiger partial charge in [0, 0.05) is 18.0 Å². The van der Waals surface area contributed by atoms with Crippen LogP contribution in [0.5, 0.6) is 5.75 Å². The van der Waals surface area contributed by atoms with Crippen LogP contribution in [0.2, 0.25) is 0 Å². The highest BCUT2D eigenvalue weighted by atomic mass is 16.6. The van der Waals surface area contributed by atoms with Crippen LogP contribution in [-0.4, -0.2) is 21.5 Å². The molecule has 0 heterocycles. The van der Waals surface area contributed by atoms with Crippen LogP contribution in [0.3, 0.4) is 0 Å². The number of nitro benzene ring substituents is 1. The number of phenols is 1. The number of nitrogens with zero attached hydrogens (tertiary/aromatic N) is 1. The quantitative estimate of drug-likeness (QED) is 0.433. The van der Waals surface area contributed by atoms with Crippen LogP contribution >= 0.6 is 0 Å².